The molecule has 148 valence electrons. The largest absolute Gasteiger partial charge is 0.466 e. The molecule has 0 saturated carbocycles. The Morgan fingerprint density at radius 3 is 2.89 bits per heavy atom. The van der Waals surface area contributed by atoms with Crippen LogP contribution in [0.2, 0.25) is 0 Å². The van der Waals surface area contributed by atoms with Crippen molar-refractivity contribution in [2.45, 2.75) is 26.7 Å². The van der Waals surface area contributed by atoms with Gasteiger partial charge in [-0.25, -0.2) is 0 Å². The molecule has 1 heterocycles. The Morgan fingerprint density at radius 1 is 1.41 bits per heavy atom. The highest BCUT2D eigenvalue weighted by Gasteiger charge is 2.28. The molecular formula is C19H27BrN4O3. The number of aliphatic imine (C=N–C) groups is 1. The van der Waals surface area contributed by atoms with Crippen molar-refractivity contribution in [1.29, 1.82) is 0 Å². The molecular weight excluding hydrogens is 412 g/mol. The van der Waals surface area contributed by atoms with Crippen LogP contribution in [0.3, 0.4) is 0 Å². The number of piperidine rings is 1. The van der Waals surface area contributed by atoms with E-state index in [0.29, 0.717) is 19.1 Å². The molecule has 1 saturated heterocycles. The summed E-state index contributed by atoms with van der Waals surface area (Å²) in [7, 11) is 1.67. The van der Waals surface area contributed by atoms with Gasteiger partial charge < -0.3 is 20.3 Å². The number of amides is 1. The summed E-state index contributed by atoms with van der Waals surface area (Å²) in [6, 6.07) is 5.74. The van der Waals surface area contributed by atoms with Crippen LogP contribution in [0.25, 0.3) is 0 Å². The third-order valence-corrected chi connectivity index (χ3v) is 4.93. The third-order valence-electron chi connectivity index (χ3n) is 4.43. The fourth-order valence-corrected chi connectivity index (χ4v) is 3.40. The molecule has 2 N–H and O–H groups in total. The summed E-state index contributed by atoms with van der Waals surface area (Å²) < 4.78 is 6.04. The number of likely N-dealkylation sites (tertiary alicyclic amines) is 1. The van der Waals surface area contributed by atoms with E-state index in [1.807, 2.05) is 36.9 Å². The van der Waals surface area contributed by atoms with Crippen LogP contribution in [0.4, 0.5) is 5.69 Å². The second kappa shape index (κ2) is 10.3. The SMILES string of the molecule is CCOC(=O)C1CCCN(C(=NC)NCC(=O)Nc2cc(Br)ccc2C)C1. The first-order chi connectivity index (χ1) is 12.9. The fourth-order valence-electron chi connectivity index (χ4n) is 3.04. The number of hydrogen-bond donors (Lipinski definition) is 2. The molecule has 0 bridgehead atoms. The van der Waals surface area contributed by atoms with Gasteiger partial charge in [-0.2, -0.15) is 0 Å². The number of halogens is 1. The maximum Gasteiger partial charge on any atom is 0.310 e. The van der Waals surface area contributed by atoms with Gasteiger partial charge in [0.2, 0.25) is 5.91 Å². The van der Waals surface area contributed by atoms with Crippen LogP contribution in [-0.2, 0) is 14.3 Å². The van der Waals surface area contributed by atoms with Crippen molar-refractivity contribution in [3.63, 3.8) is 0 Å². The van der Waals surface area contributed by atoms with Crippen LogP contribution in [0, 0.1) is 12.8 Å². The molecule has 2 rings (SSSR count). The number of rotatable bonds is 5. The Kier molecular flexibility index (Phi) is 8.09. The van der Waals surface area contributed by atoms with Crippen molar-refractivity contribution in [2.75, 3.05) is 38.6 Å². The Balaban J connectivity index is 1.90. The lowest BCUT2D eigenvalue weighted by Crippen LogP contribution is -2.49. The minimum atomic E-state index is -0.166. The molecule has 8 heteroatoms. The topological polar surface area (TPSA) is 83.0 Å². The lowest BCUT2D eigenvalue weighted by atomic mass is 9.98. The third kappa shape index (κ3) is 6.23. The molecule has 1 aliphatic heterocycles. The molecule has 1 atom stereocenters. The van der Waals surface area contributed by atoms with Gasteiger partial charge in [0.05, 0.1) is 19.1 Å². The van der Waals surface area contributed by atoms with E-state index in [1.165, 1.54) is 0 Å². The van der Waals surface area contributed by atoms with Gasteiger partial charge in [0.15, 0.2) is 5.96 Å². The Labute approximate surface area is 168 Å². The van der Waals surface area contributed by atoms with Crippen LogP contribution in [0.1, 0.15) is 25.3 Å². The summed E-state index contributed by atoms with van der Waals surface area (Å²) in [5.74, 6) is 0.136. The number of nitrogens with one attached hydrogen (secondary N) is 2. The summed E-state index contributed by atoms with van der Waals surface area (Å²) in [5, 5.41) is 5.98. The molecule has 1 fully saturated rings. The number of carbonyl (C=O) groups excluding carboxylic acids is 2. The van der Waals surface area contributed by atoms with Crippen LogP contribution in [-0.4, -0.2) is 56.0 Å². The van der Waals surface area contributed by atoms with E-state index in [0.717, 1.165) is 35.1 Å². The van der Waals surface area contributed by atoms with Gasteiger partial charge in [-0.05, 0) is 44.4 Å². The molecule has 27 heavy (non-hydrogen) atoms. The quantitative estimate of drug-likeness (QED) is 0.419. The van der Waals surface area contributed by atoms with Gasteiger partial charge in [-0.15, -0.1) is 0 Å². The smallest absolute Gasteiger partial charge is 0.310 e. The second-order valence-electron chi connectivity index (χ2n) is 6.45. The molecule has 0 radical (unpaired) electrons. The molecule has 1 aliphatic rings. The van der Waals surface area contributed by atoms with Crippen LogP contribution < -0.4 is 10.6 Å². The molecule has 0 spiro atoms. The monoisotopic (exact) mass is 438 g/mol. The number of benzene rings is 1. The zero-order valence-electron chi connectivity index (χ0n) is 16.0. The first-order valence-electron chi connectivity index (χ1n) is 9.12. The minimum Gasteiger partial charge on any atom is -0.466 e. The van der Waals surface area contributed by atoms with Gasteiger partial charge in [0, 0.05) is 30.3 Å². The molecule has 1 aromatic rings. The van der Waals surface area contributed by atoms with Gasteiger partial charge in [-0.1, -0.05) is 22.0 Å². The first-order valence-corrected chi connectivity index (χ1v) is 9.92. The number of anilines is 1. The lowest BCUT2D eigenvalue weighted by Gasteiger charge is -2.33. The number of esters is 1. The number of carbonyl (C=O) groups is 2. The van der Waals surface area contributed by atoms with Crippen molar-refractivity contribution in [1.82, 2.24) is 10.2 Å². The molecule has 7 nitrogen and oxygen atoms in total. The van der Waals surface area contributed by atoms with Crippen molar-refractivity contribution in [3.05, 3.63) is 28.2 Å². The predicted molar refractivity (Wildman–Crippen MR) is 110 cm³/mol. The van der Waals surface area contributed by atoms with Crippen LogP contribution in [0.5, 0.6) is 0 Å². The number of hydrogen-bond acceptors (Lipinski definition) is 4. The number of guanidine groups is 1. The Bertz CT molecular complexity index is 708. The standard InChI is InChI=1S/C19H27BrN4O3/c1-4-27-18(26)14-6-5-9-24(12-14)19(21-3)22-11-17(25)23-16-10-15(20)8-7-13(16)2/h7-8,10,14H,4-6,9,11-12H2,1-3H3,(H,21,22)(H,23,25). The molecule has 0 aliphatic carbocycles. The molecule has 1 unspecified atom stereocenters. The zero-order valence-corrected chi connectivity index (χ0v) is 17.6. The second-order valence-corrected chi connectivity index (χ2v) is 7.36. The van der Waals surface area contributed by atoms with E-state index in [1.54, 1.807) is 7.05 Å². The Morgan fingerprint density at radius 2 is 2.19 bits per heavy atom. The highest BCUT2D eigenvalue weighted by atomic mass is 79.9. The van der Waals surface area contributed by atoms with Crippen molar-refractivity contribution >= 4 is 39.5 Å². The normalized spacial score (nSPS) is 17.4. The van der Waals surface area contributed by atoms with E-state index in [2.05, 4.69) is 31.6 Å². The summed E-state index contributed by atoms with van der Waals surface area (Å²) in [4.78, 5) is 30.6. The summed E-state index contributed by atoms with van der Waals surface area (Å²) >= 11 is 3.41. The van der Waals surface area contributed by atoms with Gasteiger partial charge in [-0.3, -0.25) is 14.6 Å². The van der Waals surface area contributed by atoms with Gasteiger partial charge in [0.1, 0.15) is 0 Å². The van der Waals surface area contributed by atoms with E-state index < -0.39 is 0 Å². The lowest BCUT2D eigenvalue weighted by molar-refractivity contribution is -0.149. The van der Waals surface area contributed by atoms with Crippen molar-refractivity contribution < 1.29 is 14.3 Å². The van der Waals surface area contributed by atoms with Crippen LogP contribution >= 0.6 is 15.9 Å². The number of aryl methyl sites for hydroxylation is 1. The van der Waals surface area contributed by atoms with Crippen LogP contribution in [0.15, 0.2) is 27.7 Å². The minimum absolute atomic E-state index is 0.0964. The van der Waals surface area contributed by atoms with Gasteiger partial charge >= 0.3 is 5.97 Å². The number of ether oxygens (including phenoxy) is 1. The average Bonchev–Trinajstić information content (AvgIpc) is 2.65. The highest BCUT2D eigenvalue weighted by Crippen LogP contribution is 2.20. The summed E-state index contributed by atoms with van der Waals surface area (Å²) in [6.45, 7) is 5.58. The van der Waals surface area contributed by atoms with Crippen molar-refractivity contribution in [2.24, 2.45) is 10.9 Å². The zero-order chi connectivity index (χ0) is 19.8. The predicted octanol–water partition coefficient (Wildman–Crippen LogP) is 2.55. The van der Waals surface area contributed by atoms with E-state index in [-0.39, 0.29) is 24.3 Å². The maximum atomic E-state index is 12.3. The summed E-state index contributed by atoms with van der Waals surface area (Å²) in [6.07, 6.45) is 1.70. The molecule has 1 amide bonds. The molecule has 0 aromatic heterocycles. The average molecular weight is 439 g/mol. The summed E-state index contributed by atoms with van der Waals surface area (Å²) in [5.41, 5.74) is 1.76. The number of nitrogens with zero attached hydrogens (tertiary/aromatic N) is 2. The van der Waals surface area contributed by atoms with Crippen molar-refractivity contribution in [3.8, 4) is 0 Å². The van der Waals surface area contributed by atoms with Gasteiger partial charge in [0.25, 0.3) is 0 Å². The maximum absolute atomic E-state index is 12.3. The van der Waals surface area contributed by atoms with E-state index in [4.69, 9.17) is 4.74 Å². The van der Waals surface area contributed by atoms with E-state index in [9.17, 15) is 9.59 Å². The van der Waals surface area contributed by atoms with E-state index >= 15 is 0 Å². The Hall–Kier alpha value is -2.09. The first kappa shape index (κ1) is 21.2. The highest BCUT2D eigenvalue weighted by molar-refractivity contribution is 9.10. The molecule has 1 aromatic carbocycles. The fraction of sp³-hybridized carbons (Fsp3) is 0.526.